The van der Waals surface area contributed by atoms with Crippen molar-refractivity contribution in [2.75, 3.05) is 16.8 Å². The Morgan fingerprint density at radius 2 is 2.30 bits per heavy atom. The zero-order valence-electron chi connectivity index (χ0n) is 11.7. The summed E-state index contributed by atoms with van der Waals surface area (Å²) in [5, 5.41) is 3.34. The van der Waals surface area contributed by atoms with Crippen molar-refractivity contribution < 1.29 is 9.18 Å². The van der Waals surface area contributed by atoms with Gasteiger partial charge in [-0.1, -0.05) is 19.8 Å². The maximum Gasteiger partial charge on any atom is 0.234 e. The number of nitrogens with two attached hydrogens (primary N) is 1. The van der Waals surface area contributed by atoms with E-state index in [4.69, 9.17) is 5.73 Å². The molecule has 1 amide bonds. The quantitative estimate of drug-likeness (QED) is 0.834. The van der Waals surface area contributed by atoms with Crippen LogP contribution in [0.5, 0.6) is 0 Å². The predicted octanol–water partition coefficient (Wildman–Crippen LogP) is 3.66. The summed E-state index contributed by atoms with van der Waals surface area (Å²) in [7, 11) is 0. The molecule has 0 saturated heterocycles. The van der Waals surface area contributed by atoms with Crippen LogP contribution in [0.4, 0.5) is 15.8 Å². The molecule has 0 heterocycles. The van der Waals surface area contributed by atoms with Gasteiger partial charge in [0.2, 0.25) is 5.91 Å². The lowest BCUT2D eigenvalue weighted by atomic mass is 9.91. The van der Waals surface area contributed by atoms with Gasteiger partial charge in [-0.15, -0.1) is 11.8 Å². The number of nitrogen functional groups attached to an aromatic ring is 1. The third kappa shape index (κ3) is 4.40. The minimum absolute atomic E-state index is 0.0524. The second-order valence-electron chi connectivity index (χ2n) is 5.49. The molecule has 0 aromatic heterocycles. The van der Waals surface area contributed by atoms with Crippen LogP contribution in [0.15, 0.2) is 18.2 Å². The van der Waals surface area contributed by atoms with Crippen molar-refractivity contribution in [3.8, 4) is 0 Å². The highest BCUT2D eigenvalue weighted by Crippen LogP contribution is 2.31. The topological polar surface area (TPSA) is 55.1 Å². The largest absolute Gasteiger partial charge is 0.396 e. The molecule has 20 heavy (non-hydrogen) atoms. The summed E-state index contributed by atoms with van der Waals surface area (Å²) in [4.78, 5) is 11.9. The molecule has 110 valence electrons. The maximum absolute atomic E-state index is 13.0. The lowest BCUT2D eigenvalue weighted by Gasteiger charge is -2.25. The Balaban J connectivity index is 1.78. The monoisotopic (exact) mass is 296 g/mol. The van der Waals surface area contributed by atoms with E-state index in [0.29, 0.717) is 16.7 Å². The first kappa shape index (κ1) is 15.2. The molecule has 1 aliphatic carbocycles. The van der Waals surface area contributed by atoms with Crippen molar-refractivity contribution in [3.05, 3.63) is 24.0 Å². The standard InChI is InChI=1S/C15H21FN2OS/c1-10-3-2-4-12(7-10)20-9-15(19)18-11-5-6-13(16)14(17)8-11/h5-6,8,10,12H,2-4,7,9,17H2,1H3,(H,18,19). The van der Waals surface area contributed by atoms with Gasteiger partial charge in [-0.05, 0) is 37.0 Å². The Labute approximate surface area is 123 Å². The molecule has 3 N–H and O–H groups in total. The molecule has 2 unspecified atom stereocenters. The summed E-state index contributed by atoms with van der Waals surface area (Å²) in [6, 6.07) is 4.23. The number of carbonyl (C=O) groups is 1. The lowest BCUT2D eigenvalue weighted by molar-refractivity contribution is -0.113. The molecule has 1 saturated carbocycles. The second kappa shape index (κ2) is 6.97. The summed E-state index contributed by atoms with van der Waals surface area (Å²) in [5.41, 5.74) is 6.07. The molecule has 1 aromatic carbocycles. The van der Waals surface area contributed by atoms with Gasteiger partial charge >= 0.3 is 0 Å². The van der Waals surface area contributed by atoms with E-state index in [-0.39, 0.29) is 11.6 Å². The van der Waals surface area contributed by atoms with Crippen LogP contribution in [0.3, 0.4) is 0 Å². The van der Waals surface area contributed by atoms with E-state index in [1.54, 1.807) is 11.8 Å². The highest BCUT2D eigenvalue weighted by atomic mass is 32.2. The maximum atomic E-state index is 13.0. The Kier molecular flexibility index (Phi) is 5.29. The second-order valence-corrected chi connectivity index (χ2v) is 6.78. The molecule has 0 spiro atoms. The van der Waals surface area contributed by atoms with Gasteiger partial charge in [0.25, 0.3) is 0 Å². The smallest absolute Gasteiger partial charge is 0.234 e. The third-order valence-corrected chi connectivity index (χ3v) is 4.95. The molecule has 1 aliphatic rings. The van der Waals surface area contributed by atoms with E-state index in [1.807, 2.05) is 0 Å². The molecule has 1 aromatic rings. The van der Waals surface area contributed by atoms with Gasteiger partial charge in [0.15, 0.2) is 0 Å². The number of thioether (sulfide) groups is 1. The summed E-state index contributed by atoms with van der Waals surface area (Å²) in [5.74, 6) is 0.684. The van der Waals surface area contributed by atoms with Gasteiger partial charge in [-0.2, -0.15) is 0 Å². The molecule has 3 nitrogen and oxygen atoms in total. The lowest BCUT2D eigenvalue weighted by Crippen LogP contribution is -2.20. The van der Waals surface area contributed by atoms with E-state index >= 15 is 0 Å². The first-order valence-electron chi connectivity index (χ1n) is 7.01. The van der Waals surface area contributed by atoms with Gasteiger partial charge in [0.05, 0.1) is 11.4 Å². The van der Waals surface area contributed by atoms with E-state index in [1.165, 1.54) is 43.9 Å². The fourth-order valence-electron chi connectivity index (χ4n) is 2.54. The highest BCUT2D eigenvalue weighted by Gasteiger charge is 2.20. The summed E-state index contributed by atoms with van der Waals surface area (Å²) >= 11 is 1.72. The van der Waals surface area contributed by atoms with E-state index in [2.05, 4.69) is 12.2 Å². The van der Waals surface area contributed by atoms with Gasteiger partial charge in [-0.3, -0.25) is 4.79 Å². The van der Waals surface area contributed by atoms with Crippen molar-refractivity contribution >= 4 is 29.0 Å². The number of amides is 1. The van der Waals surface area contributed by atoms with Crippen LogP contribution in [-0.4, -0.2) is 16.9 Å². The van der Waals surface area contributed by atoms with Gasteiger partial charge in [0, 0.05) is 10.9 Å². The molecule has 2 rings (SSSR count). The number of anilines is 2. The fourth-order valence-corrected chi connectivity index (χ4v) is 3.80. The highest BCUT2D eigenvalue weighted by molar-refractivity contribution is 8.00. The van der Waals surface area contributed by atoms with Crippen LogP contribution >= 0.6 is 11.8 Å². The number of rotatable bonds is 4. The fraction of sp³-hybridized carbons (Fsp3) is 0.533. The zero-order chi connectivity index (χ0) is 14.5. The van der Waals surface area contributed by atoms with Crippen molar-refractivity contribution in [3.63, 3.8) is 0 Å². The van der Waals surface area contributed by atoms with E-state index in [0.717, 1.165) is 5.92 Å². The van der Waals surface area contributed by atoms with E-state index < -0.39 is 5.82 Å². The van der Waals surface area contributed by atoms with Crippen molar-refractivity contribution in [1.82, 2.24) is 0 Å². The normalized spacial score (nSPS) is 22.5. The summed E-state index contributed by atoms with van der Waals surface area (Å²) in [6.07, 6.45) is 4.96. The first-order valence-corrected chi connectivity index (χ1v) is 8.06. The molecule has 1 fully saturated rings. The van der Waals surface area contributed by atoms with Crippen LogP contribution in [0.1, 0.15) is 32.6 Å². The van der Waals surface area contributed by atoms with Crippen LogP contribution in [-0.2, 0) is 4.79 Å². The average molecular weight is 296 g/mol. The van der Waals surface area contributed by atoms with E-state index in [9.17, 15) is 9.18 Å². The number of halogens is 1. The Morgan fingerprint density at radius 1 is 1.50 bits per heavy atom. The predicted molar refractivity (Wildman–Crippen MR) is 83.3 cm³/mol. The zero-order valence-corrected chi connectivity index (χ0v) is 12.5. The van der Waals surface area contributed by atoms with Gasteiger partial charge in [0.1, 0.15) is 5.82 Å². The van der Waals surface area contributed by atoms with Crippen molar-refractivity contribution in [2.45, 2.75) is 37.9 Å². The molecule has 2 atom stereocenters. The minimum atomic E-state index is -0.464. The third-order valence-electron chi connectivity index (χ3n) is 3.62. The van der Waals surface area contributed by atoms with Crippen LogP contribution in [0.2, 0.25) is 0 Å². The number of nitrogens with one attached hydrogen (secondary N) is 1. The Bertz CT molecular complexity index is 481. The van der Waals surface area contributed by atoms with Crippen LogP contribution in [0.25, 0.3) is 0 Å². The Hall–Kier alpha value is -1.23. The number of benzene rings is 1. The molecular weight excluding hydrogens is 275 g/mol. The summed E-state index contributed by atoms with van der Waals surface area (Å²) < 4.78 is 13.0. The number of hydrogen-bond acceptors (Lipinski definition) is 3. The molecular formula is C15H21FN2OS. The number of hydrogen-bond donors (Lipinski definition) is 2. The minimum Gasteiger partial charge on any atom is -0.396 e. The number of carbonyl (C=O) groups excluding carboxylic acids is 1. The van der Waals surface area contributed by atoms with Crippen LogP contribution < -0.4 is 11.1 Å². The summed E-state index contributed by atoms with van der Waals surface area (Å²) in [6.45, 7) is 2.27. The average Bonchev–Trinajstić information content (AvgIpc) is 2.41. The molecule has 0 bridgehead atoms. The van der Waals surface area contributed by atoms with Crippen LogP contribution in [0, 0.1) is 11.7 Å². The first-order chi connectivity index (χ1) is 9.54. The molecule has 0 radical (unpaired) electrons. The van der Waals surface area contributed by atoms with Gasteiger partial charge in [-0.25, -0.2) is 4.39 Å². The van der Waals surface area contributed by atoms with Crippen molar-refractivity contribution in [2.24, 2.45) is 5.92 Å². The molecule has 5 heteroatoms. The van der Waals surface area contributed by atoms with Gasteiger partial charge < -0.3 is 11.1 Å². The molecule has 0 aliphatic heterocycles. The Morgan fingerprint density at radius 3 is 3.00 bits per heavy atom. The van der Waals surface area contributed by atoms with Crippen molar-refractivity contribution in [1.29, 1.82) is 0 Å². The SMILES string of the molecule is CC1CCCC(SCC(=O)Nc2ccc(F)c(N)c2)C1.